The fourth-order valence-corrected chi connectivity index (χ4v) is 3.85. The first-order chi connectivity index (χ1) is 8.95. The van der Waals surface area contributed by atoms with Crippen molar-refractivity contribution in [2.75, 3.05) is 0 Å². The fourth-order valence-electron chi connectivity index (χ4n) is 2.06. The van der Waals surface area contributed by atoms with E-state index in [1.807, 2.05) is 18.5 Å². The fraction of sp³-hybridized carbons (Fsp3) is 0.462. The summed E-state index contributed by atoms with van der Waals surface area (Å²) >= 11 is 11.5. The third-order valence-corrected chi connectivity index (χ3v) is 6.01. The van der Waals surface area contributed by atoms with Crippen LogP contribution in [0.3, 0.4) is 0 Å². The van der Waals surface area contributed by atoms with Crippen LogP contribution in [-0.2, 0) is 13.0 Å². The minimum Gasteiger partial charge on any atom is -0.323 e. The summed E-state index contributed by atoms with van der Waals surface area (Å²) in [6.45, 7) is 6.92. The lowest BCUT2D eigenvalue weighted by Crippen LogP contribution is -2.15. The molecule has 1 atom stereocenters. The van der Waals surface area contributed by atoms with E-state index in [-0.39, 0.29) is 6.04 Å². The van der Waals surface area contributed by atoms with Gasteiger partial charge in [0.05, 0.1) is 20.9 Å². The Morgan fingerprint density at radius 2 is 2.21 bits per heavy atom. The maximum Gasteiger partial charge on any atom is 0.0738 e. The van der Waals surface area contributed by atoms with Crippen LogP contribution in [0.4, 0.5) is 0 Å². The molecule has 0 aliphatic carbocycles. The first kappa shape index (κ1) is 15.0. The zero-order valence-electron chi connectivity index (χ0n) is 11.2. The maximum absolute atomic E-state index is 6.31. The molecule has 1 unspecified atom stereocenters. The molecular formula is C13H17BrClN3S. The lowest BCUT2D eigenvalue weighted by molar-refractivity contribution is 0.589. The Morgan fingerprint density at radius 1 is 1.53 bits per heavy atom. The van der Waals surface area contributed by atoms with Gasteiger partial charge >= 0.3 is 0 Å². The minimum absolute atomic E-state index is 0.0936. The molecule has 0 bridgehead atoms. The minimum atomic E-state index is -0.0936. The second kappa shape index (κ2) is 5.95. The summed E-state index contributed by atoms with van der Waals surface area (Å²) < 4.78 is 3.04. The van der Waals surface area contributed by atoms with E-state index in [4.69, 9.17) is 17.3 Å². The molecule has 0 aromatic carbocycles. The van der Waals surface area contributed by atoms with Crippen LogP contribution >= 0.6 is 38.9 Å². The van der Waals surface area contributed by atoms with E-state index in [9.17, 15) is 0 Å². The highest BCUT2D eigenvalue weighted by Gasteiger charge is 2.19. The van der Waals surface area contributed by atoms with Crippen molar-refractivity contribution < 1.29 is 0 Å². The van der Waals surface area contributed by atoms with Crippen LogP contribution in [0.2, 0.25) is 5.02 Å². The first-order valence-corrected chi connectivity index (χ1v) is 8.21. The summed E-state index contributed by atoms with van der Waals surface area (Å²) in [6, 6.07) is -0.0936. The van der Waals surface area contributed by atoms with E-state index >= 15 is 0 Å². The van der Waals surface area contributed by atoms with Gasteiger partial charge in [0.2, 0.25) is 0 Å². The van der Waals surface area contributed by atoms with Gasteiger partial charge in [-0.25, -0.2) is 0 Å². The molecule has 2 N–H and O–H groups in total. The van der Waals surface area contributed by atoms with Gasteiger partial charge in [0.1, 0.15) is 0 Å². The Labute approximate surface area is 130 Å². The number of nitrogens with two attached hydrogens (primary N) is 1. The number of aromatic nitrogens is 2. The molecule has 19 heavy (non-hydrogen) atoms. The molecule has 0 amide bonds. The highest BCUT2D eigenvalue weighted by molar-refractivity contribution is 9.10. The molecule has 0 aliphatic heterocycles. The average Bonchev–Trinajstić information content (AvgIpc) is 2.84. The molecule has 2 heterocycles. The first-order valence-electron chi connectivity index (χ1n) is 6.16. The second-order valence-corrected chi connectivity index (χ2v) is 6.65. The van der Waals surface area contributed by atoms with E-state index in [0.717, 1.165) is 44.3 Å². The molecular weight excluding hydrogens is 346 g/mol. The maximum atomic E-state index is 6.31. The van der Waals surface area contributed by atoms with Gasteiger partial charge in [-0.3, -0.25) is 4.68 Å². The normalized spacial score (nSPS) is 12.9. The number of nitrogens with zero attached hydrogens (tertiary/aromatic N) is 2. The van der Waals surface area contributed by atoms with Crippen molar-refractivity contribution in [2.24, 2.45) is 5.73 Å². The van der Waals surface area contributed by atoms with Crippen molar-refractivity contribution in [3.05, 3.63) is 36.7 Å². The summed E-state index contributed by atoms with van der Waals surface area (Å²) in [5, 5.41) is 7.34. The van der Waals surface area contributed by atoms with Gasteiger partial charge in [0, 0.05) is 23.9 Å². The average molecular weight is 363 g/mol. The molecule has 2 rings (SSSR count). The number of rotatable bonds is 4. The van der Waals surface area contributed by atoms with Gasteiger partial charge in [0.25, 0.3) is 0 Å². The van der Waals surface area contributed by atoms with Gasteiger partial charge in [-0.1, -0.05) is 11.6 Å². The summed E-state index contributed by atoms with van der Waals surface area (Å²) in [7, 11) is 0. The van der Waals surface area contributed by atoms with E-state index in [1.54, 1.807) is 11.3 Å². The number of thiophene rings is 1. The third kappa shape index (κ3) is 2.89. The second-order valence-electron chi connectivity index (χ2n) is 4.57. The quantitative estimate of drug-likeness (QED) is 0.884. The summed E-state index contributed by atoms with van der Waals surface area (Å²) in [5.74, 6) is 0. The Bertz CT molecular complexity index is 591. The smallest absolute Gasteiger partial charge is 0.0738 e. The van der Waals surface area contributed by atoms with Crippen molar-refractivity contribution in [2.45, 2.75) is 39.8 Å². The van der Waals surface area contributed by atoms with Crippen molar-refractivity contribution in [1.29, 1.82) is 0 Å². The zero-order valence-corrected chi connectivity index (χ0v) is 14.4. The van der Waals surface area contributed by atoms with Crippen LogP contribution in [0, 0.1) is 13.8 Å². The lowest BCUT2D eigenvalue weighted by Gasteiger charge is -2.12. The van der Waals surface area contributed by atoms with Crippen LogP contribution in [0.1, 0.15) is 34.8 Å². The zero-order chi connectivity index (χ0) is 14.2. The van der Waals surface area contributed by atoms with Crippen LogP contribution in [0.5, 0.6) is 0 Å². The Hall–Kier alpha value is -0.360. The predicted molar refractivity (Wildman–Crippen MR) is 85.0 cm³/mol. The van der Waals surface area contributed by atoms with Gasteiger partial charge in [-0.15, -0.1) is 11.3 Å². The molecule has 0 saturated carbocycles. The summed E-state index contributed by atoms with van der Waals surface area (Å²) in [5.41, 5.74) is 9.53. The topological polar surface area (TPSA) is 43.8 Å². The van der Waals surface area contributed by atoms with Crippen LogP contribution < -0.4 is 5.73 Å². The van der Waals surface area contributed by atoms with Crippen molar-refractivity contribution in [3.63, 3.8) is 0 Å². The monoisotopic (exact) mass is 361 g/mol. The SMILES string of the molecule is CCn1nc(C)c(Br)c1CC(N)c1scc(C)c1Cl. The molecule has 0 spiro atoms. The molecule has 3 nitrogen and oxygen atoms in total. The highest BCUT2D eigenvalue weighted by Crippen LogP contribution is 2.34. The number of hydrogen-bond acceptors (Lipinski definition) is 3. The number of hydrogen-bond donors (Lipinski definition) is 1. The van der Waals surface area contributed by atoms with Crippen LogP contribution in [-0.4, -0.2) is 9.78 Å². The van der Waals surface area contributed by atoms with Gasteiger partial charge < -0.3 is 5.73 Å². The van der Waals surface area contributed by atoms with Gasteiger partial charge in [-0.05, 0) is 47.6 Å². The molecule has 2 aromatic heterocycles. The molecule has 0 aliphatic rings. The van der Waals surface area contributed by atoms with E-state index in [0.29, 0.717) is 0 Å². The summed E-state index contributed by atoms with van der Waals surface area (Å²) in [4.78, 5) is 1.05. The summed E-state index contributed by atoms with van der Waals surface area (Å²) in [6.07, 6.45) is 0.731. The Morgan fingerprint density at radius 3 is 2.74 bits per heavy atom. The molecule has 0 fully saturated rings. The van der Waals surface area contributed by atoms with Gasteiger partial charge in [-0.2, -0.15) is 5.10 Å². The van der Waals surface area contributed by atoms with Crippen LogP contribution in [0.15, 0.2) is 9.85 Å². The predicted octanol–water partition coefficient (Wildman–Crippen LogP) is 4.24. The molecule has 0 radical (unpaired) electrons. The molecule has 6 heteroatoms. The molecule has 104 valence electrons. The standard InChI is InChI=1S/C13H17BrClN3S/c1-4-18-10(11(14)8(3)17-18)5-9(16)13-12(15)7(2)6-19-13/h6,9H,4-5,16H2,1-3H3. The Kier molecular flexibility index (Phi) is 4.71. The van der Waals surface area contributed by atoms with Crippen molar-refractivity contribution in [3.8, 4) is 0 Å². The lowest BCUT2D eigenvalue weighted by atomic mass is 10.1. The highest BCUT2D eigenvalue weighted by atomic mass is 79.9. The van der Waals surface area contributed by atoms with Crippen LogP contribution in [0.25, 0.3) is 0 Å². The van der Waals surface area contributed by atoms with Crippen molar-refractivity contribution >= 4 is 38.9 Å². The molecule has 0 saturated heterocycles. The Balaban J connectivity index is 2.28. The number of aryl methyl sites for hydroxylation is 3. The van der Waals surface area contributed by atoms with Crippen molar-refractivity contribution in [1.82, 2.24) is 9.78 Å². The third-order valence-electron chi connectivity index (χ3n) is 3.13. The number of halogens is 2. The largest absolute Gasteiger partial charge is 0.323 e. The van der Waals surface area contributed by atoms with E-state index in [2.05, 4.69) is 33.3 Å². The van der Waals surface area contributed by atoms with E-state index in [1.165, 1.54) is 0 Å². The molecule has 2 aromatic rings. The van der Waals surface area contributed by atoms with Gasteiger partial charge in [0.15, 0.2) is 0 Å². The van der Waals surface area contributed by atoms with E-state index < -0.39 is 0 Å².